The molecule has 5 heteroatoms. The van der Waals surface area contributed by atoms with Crippen LogP contribution in [0.5, 0.6) is 5.75 Å². The van der Waals surface area contributed by atoms with Crippen molar-refractivity contribution in [3.8, 4) is 5.75 Å². The maximum Gasteiger partial charge on any atom is 0.190 e. The molecule has 0 atom stereocenters. The van der Waals surface area contributed by atoms with Gasteiger partial charge in [-0.25, -0.2) is 0 Å². The number of nitrogens with one attached hydrogen (secondary N) is 2. The molecule has 0 aromatic heterocycles. The Morgan fingerprint density at radius 3 is 2.65 bits per heavy atom. The van der Waals surface area contributed by atoms with Gasteiger partial charge in [0.2, 0.25) is 0 Å². The van der Waals surface area contributed by atoms with Gasteiger partial charge in [-0.15, -0.1) is 24.0 Å². The number of hydrogen-bond donors (Lipinski definition) is 2. The van der Waals surface area contributed by atoms with E-state index in [2.05, 4.69) is 27.8 Å². The molecular formula is C15H24IN3O. The number of ether oxygens (including phenoxy) is 1. The molecule has 1 aromatic rings. The summed E-state index contributed by atoms with van der Waals surface area (Å²) >= 11 is 0. The standard InChI is InChI=1S/C15H23N3O.HI/c1-16-15(17-2)18-11-12-7-3-6-10-14(12)19-13-8-4-5-9-13;/h3,6-7,10,13H,4-5,8-9,11H2,1-2H3,(H2,16,17,18);1H. The molecule has 2 rings (SSSR count). The highest BCUT2D eigenvalue weighted by atomic mass is 127. The molecule has 20 heavy (non-hydrogen) atoms. The van der Waals surface area contributed by atoms with E-state index >= 15 is 0 Å². The Hall–Kier alpha value is -0.980. The van der Waals surface area contributed by atoms with Crippen LogP contribution >= 0.6 is 24.0 Å². The third-order valence-corrected chi connectivity index (χ3v) is 3.48. The maximum absolute atomic E-state index is 6.11. The van der Waals surface area contributed by atoms with Gasteiger partial charge in [-0.3, -0.25) is 4.99 Å². The van der Waals surface area contributed by atoms with Crippen molar-refractivity contribution in [2.75, 3.05) is 14.1 Å². The average molecular weight is 389 g/mol. The molecule has 0 radical (unpaired) electrons. The third kappa shape index (κ3) is 4.85. The van der Waals surface area contributed by atoms with Crippen LogP contribution in [0.2, 0.25) is 0 Å². The molecule has 112 valence electrons. The van der Waals surface area contributed by atoms with Gasteiger partial charge in [0.25, 0.3) is 0 Å². The van der Waals surface area contributed by atoms with Gasteiger partial charge in [-0.1, -0.05) is 18.2 Å². The smallest absolute Gasteiger partial charge is 0.190 e. The first-order valence-electron chi connectivity index (χ1n) is 6.96. The average Bonchev–Trinajstić information content (AvgIpc) is 2.94. The second-order valence-electron chi connectivity index (χ2n) is 4.81. The Morgan fingerprint density at radius 1 is 1.30 bits per heavy atom. The molecule has 0 bridgehead atoms. The van der Waals surface area contributed by atoms with Crippen LogP contribution < -0.4 is 15.4 Å². The minimum atomic E-state index is 0. The summed E-state index contributed by atoms with van der Waals surface area (Å²) in [6, 6.07) is 8.22. The summed E-state index contributed by atoms with van der Waals surface area (Å²) < 4.78 is 6.11. The quantitative estimate of drug-likeness (QED) is 0.473. The number of nitrogens with zero attached hydrogens (tertiary/aromatic N) is 1. The Balaban J connectivity index is 0.00000200. The van der Waals surface area contributed by atoms with E-state index < -0.39 is 0 Å². The minimum Gasteiger partial charge on any atom is -0.490 e. The maximum atomic E-state index is 6.11. The zero-order valence-corrected chi connectivity index (χ0v) is 14.5. The summed E-state index contributed by atoms with van der Waals surface area (Å²) in [7, 11) is 3.62. The van der Waals surface area contributed by atoms with Gasteiger partial charge >= 0.3 is 0 Å². The fraction of sp³-hybridized carbons (Fsp3) is 0.533. The van der Waals surface area contributed by atoms with Crippen molar-refractivity contribution in [2.24, 2.45) is 4.99 Å². The monoisotopic (exact) mass is 389 g/mol. The molecule has 0 unspecified atom stereocenters. The van der Waals surface area contributed by atoms with Crippen molar-refractivity contribution in [3.05, 3.63) is 29.8 Å². The first-order valence-corrected chi connectivity index (χ1v) is 6.96. The number of hydrogen-bond acceptors (Lipinski definition) is 2. The first kappa shape index (κ1) is 17.1. The lowest BCUT2D eigenvalue weighted by Gasteiger charge is -2.17. The Kier molecular flexibility index (Phi) is 7.72. The fourth-order valence-corrected chi connectivity index (χ4v) is 2.41. The van der Waals surface area contributed by atoms with Crippen LogP contribution in [0, 0.1) is 0 Å². The van der Waals surface area contributed by atoms with Gasteiger partial charge in [-0.2, -0.15) is 0 Å². The molecular weight excluding hydrogens is 365 g/mol. The van der Waals surface area contributed by atoms with Crippen molar-refractivity contribution in [1.82, 2.24) is 10.6 Å². The molecule has 2 N–H and O–H groups in total. The van der Waals surface area contributed by atoms with E-state index in [9.17, 15) is 0 Å². The summed E-state index contributed by atoms with van der Waals surface area (Å²) in [6.07, 6.45) is 5.33. The summed E-state index contributed by atoms with van der Waals surface area (Å²) in [5, 5.41) is 6.27. The van der Waals surface area contributed by atoms with Crippen LogP contribution in [0.25, 0.3) is 0 Å². The summed E-state index contributed by atoms with van der Waals surface area (Å²) in [5.74, 6) is 1.78. The van der Waals surface area contributed by atoms with Gasteiger partial charge in [0.05, 0.1) is 6.10 Å². The molecule has 1 aliphatic rings. The van der Waals surface area contributed by atoms with Crippen molar-refractivity contribution in [3.63, 3.8) is 0 Å². The van der Waals surface area contributed by atoms with Crippen molar-refractivity contribution in [1.29, 1.82) is 0 Å². The molecule has 1 aliphatic carbocycles. The number of guanidine groups is 1. The molecule has 1 saturated carbocycles. The van der Waals surface area contributed by atoms with Crippen LogP contribution in [-0.4, -0.2) is 26.2 Å². The van der Waals surface area contributed by atoms with Crippen LogP contribution in [-0.2, 0) is 6.54 Å². The largest absolute Gasteiger partial charge is 0.490 e. The van der Waals surface area contributed by atoms with Gasteiger partial charge in [0.15, 0.2) is 5.96 Å². The number of para-hydroxylation sites is 1. The van der Waals surface area contributed by atoms with Crippen LogP contribution in [0.3, 0.4) is 0 Å². The number of aliphatic imine (C=N–C) groups is 1. The zero-order valence-electron chi connectivity index (χ0n) is 12.2. The lowest BCUT2D eigenvalue weighted by Crippen LogP contribution is -2.34. The lowest BCUT2D eigenvalue weighted by atomic mass is 10.2. The number of halogens is 1. The molecule has 0 spiro atoms. The highest BCUT2D eigenvalue weighted by Crippen LogP contribution is 2.26. The SMILES string of the molecule is CN=C(NC)NCc1ccccc1OC1CCCC1.I. The minimum absolute atomic E-state index is 0. The van der Waals surface area contributed by atoms with Crippen molar-refractivity contribution in [2.45, 2.75) is 38.3 Å². The van der Waals surface area contributed by atoms with E-state index in [0.717, 1.165) is 18.3 Å². The van der Waals surface area contributed by atoms with E-state index in [4.69, 9.17) is 4.74 Å². The highest BCUT2D eigenvalue weighted by molar-refractivity contribution is 14.0. The summed E-state index contributed by atoms with van der Waals surface area (Å²) in [4.78, 5) is 4.11. The Morgan fingerprint density at radius 2 is 2.00 bits per heavy atom. The highest BCUT2D eigenvalue weighted by Gasteiger charge is 2.17. The summed E-state index contributed by atoms with van der Waals surface area (Å²) in [6.45, 7) is 0.719. The Labute approximate surface area is 138 Å². The summed E-state index contributed by atoms with van der Waals surface area (Å²) in [5.41, 5.74) is 1.17. The molecule has 0 saturated heterocycles. The van der Waals surface area contributed by atoms with Crippen LogP contribution in [0.15, 0.2) is 29.3 Å². The molecule has 0 aliphatic heterocycles. The molecule has 1 aromatic carbocycles. The number of benzene rings is 1. The van der Waals surface area contributed by atoms with Gasteiger partial charge in [0, 0.05) is 26.2 Å². The second-order valence-corrected chi connectivity index (χ2v) is 4.81. The molecule has 1 fully saturated rings. The molecule has 0 heterocycles. The van der Waals surface area contributed by atoms with Gasteiger partial charge in [-0.05, 0) is 31.7 Å². The lowest BCUT2D eigenvalue weighted by molar-refractivity contribution is 0.208. The van der Waals surface area contributed by atoms with E-state index in [1.54, 1.807) is 7.05 Å². The normalized spacial score (nSPS) is 15.6. The van der Waals surface area contributed by atoms with E-state index in [1.165, 1.54) is 31.2 Å². The second kappa shape index (κ2) is 9.05. The van der Waals surface area contributed by atoms with Crippen LogP contribution in [0.1, 0.15) is 31.2 Å². The molecule has 0 amide bonds. The zero-order chi connectivity index (χ0) is 13.5. The topological polar surface area (TPSA) is 45.7 Å². The van der Waals surface area contributed by atoms with Crippen molar-refractivity contribution < 1.29 is 4.74 Å². The van der Waals surface area contributed by atoms with Crippen LogP contribution in [0.4, 0.5) is 0 Å². The number of rotatable bonds is 4. The van der Waals surface area contributed by atoms with E-state index in [-0.39, 0.29) is 24.0 Å². The van der Waals surface area contributed by atoms with Gasteiger partial charge in [0.1, 0.15) is 5.75 Å². The van der Waals surface area contributed by atoms with Gasteiger partial charge < -0.3 is 15.4 Å². The third-order valence-electron chi connectivity index (χ3n) is 3.48. The van der Waals surface area contributed by atoms with E-state index in [1.807, 2.05) is 19.2 Å². The van der Waals surface area contributed by atoms with E-state index in [0.29, 0.717) is 6.10 Å². The fourth-order valence-electron chi connectivity index (χ4n) is 2.41. The Bertz CT molecular complexity index is 431. The predicted molar refractivity (Wildman–Crippen MR) is 94.0 cm³/mol. The molecule has 4 nitrogen and oxygen atoms in total. The van der Waals surface area contributed by atoms with Crippen molar-refractivity contribution >= 4 is 29.9 Å². The predicted octanol–water partition coefficient (Wildman–Crippen LogP) is 2.92. The first-order chi connectivity index (χ1) is 9.33.